The van der Waals surface area contributed by atoms with Crippen LogP contribution in [0.1, 0.15) is 39.2 Å². The maximum absolute atomic E-state index is 10.4. The molecule has 32 heavy (non-hydrogen) atoms. The molecule has 3 rings (SSSR count). The first-order chi connectivity index (χ1) is 15.5. The van der Waals surface area contributed by atoms with Crippen molar-refractivity contribution in [1.29, 1.82) is 0 Å². The number of aliphatic hydroxyl groups is 1. The lowest BCUT2D eigenvalue weighted by molar-refractivity contribution is 0.0820. The molecule has 172 valence electrons. The summed E-state index contributed by atoms with van der Waals surface area (Å²) in [5, 5.41) is 15.2. The van der Waals surface area contributed by atoms with E-state index in [-0.39, 0.29) is 6.10 Å². The lowest BCUT2D eigenvalue weighted by atomic mass is 10.1. The van der Waals surface area contributed by atoms with Crippen molar-refractivity contribution in [2.45, 2.75) is 52.3 Å². The number of ether oxygens (including phenoxy) is 2. The molecule has 0 fully saturated rings. The van der Waals surface area contributed by atoms with E-state index in [1.54, 1.807) is 11.8 Å². The Balaban J connectivity index is 2.03. The number of methoxy groups -OCH3 is 1. The lowest BCUT2D eigenvalue weighted by Gasteiger charge is -2.30. The van der Waals surface area contributed by atoms with E-state index in [9.17, 15) is 5.11 Å². The number of nitrogens with zero attached hydrogens (tertiary/aromatic N) is 3. The second kappa shape index (κ2) is 11.2. The largest absolute Gasteiger partial charge is 0.497 e. The summed E-state index contributed by atoms with van der Waals surface area (Å²) in [7, 11) is 3.55. The van der Waals surface area contributed by atoms with Gasteiger partial charge < -0.3 is 14.6 Å². The van der Waals surface area contributed by atoms with Crippen LogP contribution in [-0.4, -0.2) is 45.6 Å². The summed E-state index contributed by atoms with van der Waals surface area (Å²) in [6.45, 7) is 7.63. The van der Waals surface area contributed by atoms with E-state index in [0.29, 0.717) is 25.0 Å². The van der Waals surface area contributed by atoms with Gasteiger partial charge >= 0.3 is 0 Å². The molecule has 1 heterocycles. The van der Waals surface area contributed by atoms with Crippen molar-refractivity contribution in [3.05, 3.63) is 60.2 Å². The zero-order valence-electron chi connectivity index (χ0n) is 19.8. The van der Waals surface area contributed by atoms with E-state index in [1.165, 1.54) is 0 Å². The van der Waals surface area contributed by atoms with E-state index in [4.69, 9.17) is 14.6 Å². The first-order valence-electron chi connectivity index (χ1n) is 11.3. The van der Waals surface area contributed by atoms with E-state index >= 15 is 0 Å². The van der Waals surface area contributed by atoms with Gasteiger partial charge in [0.1, 0.15) is 17.2 Å². The molecule has 3 aromatic rings. The van der Waals surface area contributed by atoms with Gasteiger partial charge in [-0.25, -0.2) is 4.68 Å². The van der Waals surface area contributed by atoms with Crippen molar-refractivity contribution in [1.82, 2.24) is 14.7 Å². The molecular weight excluding hydrogens is 402 g/mol. The molecule has 0 aliphatic rings. The molecule has 6 heteroatoms. The van der Waals surface area contributed by atoms with Gasteiger partial charge in [0, 0.05) is 31.7 Å². The molecule has 0 radical (unpaired) electrons. The smallest absolute Gasteiger partial charge is 0.222 e. The average molecular weight is 438 g/mol. The first kappa shape index (κ1) is 23.8. The summed E-state index contributed by atoms with van der Waals surface area (Å²) < 4.78 is 13.4. The van der Waals surface area contributed by atoms with Gasteiger partial charge in [-0.15, -0.1) is 0 Å². The van der Waals surface area contributed by atoms with Gasteiger partial charge in [0.15, 0.2) is 0 Å². The third-order valence-electron chi connectivity index (χ3n) is 5.90. The number of aryl methyl sites for hydroxylation is 1. The van der Waals surface area contributed by atoms with Crippen LogP contribution in [0.5, 0.6) is 17.4 Å². The summed E-state index contributed by atoms with van der Waals surface area (Å²) in [5.74, 6) is 2.20. The minimum absolute atomic E-state index is 0.314. The molecule has 0 saturated heterocycles. The van der Waals surface area contributed by atoms with Gasteiger partial charge in [0.25, 0.3) is 0 Å². The Morgan fingerprint density at radius 3 is 2.25 bits per heavy atom. The number of benzene rings is 2. The second-order valence-electron chi connectivity index (χ2n) is 8.15. The maximum Gasteiger partial charge on any atom is 0.222 e. The van der Waals surface area contributed by atoms with Gasteiger partial charge in [-0.1, -0.05) is 44.2 Å². The van der Waals surface area contributed by atoms with Gasteiger partial charge in [0.2, 0.25) is 5.88 Å². The molecule has 1 N–H and O–H groups in total. The van der Waals surface area contributed by atoms with Crippen LogP contribution in [0.2, 0.25) is 0 Å². The van der Waals surface area contributed by atoms with Crippen LogP contribution in [0.4, 0.5) is 0 Å². The van der Waals surface area contributed by atoms with E-state index in [0.717, 1.165) is 41.2 Å². The molecule has 0 aliphatic heterocycles. The monoisotopic (exact) mass is 437 g/mol. The van der Waals surface area contributed by atoms with Crippen LogP contribution in [0.3, 0.4) is 0 Å². The zero-order chi connectivity index (χ0) is 23.1. The number of rotatable bonds is 11. The highest BCUT2D eigenvalue weighted by atomic mass is 16.5. The third kappa shape index (κ3) is 5.69. The summed E-state index contributed by atoms with van der Waals surface area (Å²) in [6, 6.07) is 18.0. The summed E-state index contributed by atoms with van der Waals surface area (Å²) in [5.41, 5.74) is 2.96. The summed E-state index contributed by atoms with van der Waals surface area (Å²) >= 11 is 0. The molecule has 2 atom stereocenters. The molecule has 0 saturated carbocycles. The number of aromatic nitrogens is 2. The maximum atomic E-state index is 10.4. The second-order valence-corrected chi connectivity index (χ2v) is 8.15. The summed E-state index contributed by atoms with van der Waals surface area (Å²) in [4.78, 5) is 2.32. The Bertz CT molecular complexity index is 970. The third-order valence-corrected chi connectivity index (χ3v) is 5.90. The van der Waals surface area contributed by atoms with Gasteiger partial charge in [0.05, 0.1) is 18.8 Å². The van der Waals surface area contributed by atoms with Crippen molar-refractivity contribution in [2.24, 2.45) is 7.05 Å². The van der Waals surface area contributed by atoms with Crippen molar-refractivity contribution in [3.8, 4) is 28.6 Å². The zero-order valence-corrected chi connectivity index (χ0v) is 19.8. The molecule has 0 unspecified atom stereocenters. The molecule has 6 nitrogen and oxygen atoms in total. The Morgan fingerprint density at radius 1 is 1.00 bits per heavy atom. The van der Waals surface area contributed by atoms with E-state index in [1.807, 2.05) is 56.4 Å². The number of aliphatic hydroxyl groups excluding tert-OH is 1. The molecule has 0 bridgehead atoms. The fourth-order valence-corrected chi connectivity index (χ4v) is 3.67. The minimum atomic E-state index is -0.369. The Labute approximate surface area is 191 Å². The van der Waals surface area contributed by atoms with Crippen molar-refractivity contribution < 1.29 is 14.6 Å². The Morgan fingerprint density at radius 2 is 1.66 bits per heavy atom. The fourth-order valence-electron chi connectivity index (χ4n) is 3.67. The molecule has 2 aromatic carbocycles. The minimum Gasteiger partial charge on any atom is -0.497 e. The fraction of sp³-hybridized carbons (Fsp3) is 0.423. The highest BCUT2D eigenvalue weighted by Gasteiger charge is 2.25. The number of hydrogen-bond acceptors (Lipinski definition) is 5. The van der Waals surface area contributed by atoms with Crippen molar-refractivity contribution >= 4 is 0 Å². The Hall–Kier alpha value is -2.83. The highest BCUT2D eigenvalue weighted by molar-refractivity contribution is 5.65. The lowest BCUT2D eigenvalue weighted by Crippen LogP contribution is -2.38. The van der Waals surface area contributed by atoms with Crippen LogP contribution in [0, 0.1) is 0 Å². The normalized spacial score (nSPS) is 13.2. The van der Waals surface area contributed by atoms with Crippen LogP contribution in [-0.2, 0) is 13.6 Å². The predicted molar refractivity (Wildman–Crippen MR) is 128 cm³/mol. The van der Waals surface area contributed by atoms with E-state index in [2.05, 4.69) is 30.9 Å². The van der Waals surface area contributed by atoms with Gasteiger partial charge in [-0.3, -0.25) is 4.90 Å². The summed E-state index contributed by atoms with van der Waals surface area (Å²) in [6.07, 6.45) is 1.35. The highest BCUT2D eigenvalue weighted by Crippen LogP contribution is 2.35. The van der Waals surface area contributed by atoms with Crippen molar-refractivity contribution in [3.63, 3.8) is 0 Å². The predicted octanol–water partition coefficient (Wildman–Crippen LogP) is 5.26. The van der Waals surface area contributed by atoms with Crippen LogP contribution < -0.4 is 9.47 Å². The average Bonchev–Trinajstić information content (AvgIpc) is 3.13. The molecule has 1 aromatic heterocycles. The van der Waals surface area contributed by atoms with Crippen LogP contribution in [0.25, 0.3) is 11.3 Å². The van der Waals surface area contributed by atoms with Gasteiger partial charge in [-0.05, 0) is 44.0 Å². The van der Waals surface area contributed by atoms with Gasteiger partial charge in [-0.2, -0.15) is 5.10 Å². The standard InChI is InChI=1S/C26H35N3O3/c1-6-19(3)29(17-21(30)7-2)18-24-25(20-11-9-8-10-12-20)27-28(4)26(24)32-23-15-13-22(31-5)14-16-23/h8-16,19,21,30H,6-7,17-18H2,1-5H3/t19-,21+/m1/s1. The first-order valence-corrected chi connectivity index (χ1v) is 11.3. The van der Waals surface area contributed by atoms with E-state index < -0.39 is 0 Å². The molecule has 0 amide bonds. The van der Waals surface area contributed by atoms with Crippen LogP contribution in [0.15, 0.2) is 54.6 Å². The number of hydrogen-bond donors (Lipinski definition) is 1. The molecular formula is C26H35N3O3. The molecule has 0 spiro atoms. The molecule has 0 aliphatic carbocycles. The topological polar surface area (TPSA) is 59.8 Å². The quantitative estimate of drug-likeness (QED) is 0.443. The van der Waals surface area contributed by atoms with Crippen LogP contribution >= 0.6 is 0 Å². The SMILES string of the molecule is CC[C@H](O)CN(Cc1c(-c2ccccc2)nn(C)c1Oc1ccc(OC)cc1)[C@H](C)CC. The van der Waals surface area contributed by atoms with Crippen molar-refractivity contribution in [2.75, 3.05) is 13.7 Å². The Kier molecular flexibility index (Phi) is 8.31.